The van der Waals surface area contributed by atoms with E-state index in [1.165, 1.54) is 5.56 Å². The first kappa shape index (κ1) is 12.6. The van der Waals surface area contributed by atoms with Crippen LogP contribution in [0.2, 0.25) is 0 Å². The first-order chi connectivity index (χ1) is 8.06. The molecule has 1 N–H and O–H groups in total. The smallest absolute Gasteiger partial charge is 0.140 e. The molecule has 0 bridgehead atoms. The molecule has 17 heavy (non-hydrogen) atoms. The third-order valence-corrected chi connectivity index (χ3v) is 3.41. The molecule has 6 heteroatoms. The van der Waals surface area contributed by atoms with Crippen LogP contribution in [0.15, 0.2) is 27.4 Å². The third kappa shape index (κ3) is 3.07. The highest BCUT2D eigenvalue weighted by Crippen LogP contribution is 2.24. The van der Waals surface area contributed by atoms with Crippen molar-refractivity contribution in [1.82, 2.24) is 14.8 Å². The largest absolute Gasteiger partial charge is 0.365 e. The summed E-state index contributed by atoms with van der Waals surface area (Å²) in [6, 6.07) is 1.96. The van der Waals surface area contributed by atoms with Crippen LogP contribution in [0.3, 0.4) is 0 Å². The fourth-order valence-electron chi connectivity index (χ4n) is 1.55. The normalized spacial score (nSPS) is 10.6. The van der Waals surface area contributed by atoms with Crippen LogP contribution in [0.1, 0.15) is 11.3 Å². The summed E-state index contributed by atoms with van der Waals surface area (Å²) in [4.78, 5) is 4.30. The Labute approximate surface area is 117 Å². The predicted molar refractivity (Wildman–Crippen MR) is 74.9 cm³/mol. The van der Waals surface area contributed by atoms with E-state index < -0.39 is 0 Å². The molecule has 0 aliphatic rings. The van der Waals surface area contributed by atoms with Gasteiger partial charge in [-0.05, 0) is 44.8 Å². The fraction of sp³-hybridized carbons (Fsp3) is 0.273. The van der Waals surface area contributed by atoms with Gasteiger partial charge in [-0.25, -0.2) is 4.98 Å². The van der Waals surface area contributed by atoms with Crippen LogP contribution in [0, 0.1) is 6.92 Å². The van der Waals surface area contributed by atoms with Gasteiger partial charge in [0.15, 0.2) is 0 Å². The molecule has 0 saturated carbocycles. The molecular weight excluding hydrogens is 348 g/mol. The van der Waals surface area contributed by atoms with Crippen molar-refractivity contribution in [2.45, 2.75) is 13.5 Å². The molecule has 0 aliphatic carbocycles. The molecule has 0 aliphatic heterocycles. The molecule has 2 aromatic rings. The molecule has 0 atom stereocenters. The Balaban J connectivity index is 2.10. The van der Waals surface area contributed by atoms with E-state index in [2.05, 4.69) is 47.3 Å². The number of pyridine rings is 1. The van der Waals surface area contributed by atoms with E-state index in [4.69, 9.17) is 0 Å². The lowest BCUT2D eigenvalue weighted by molar-refractivity contribution is 0.756. The van der Waals surface area contributed by atoms with Gasteiger partial charge in [-0.1, -0.05) is 0 Å². The van der Waals surface area contributed by atoms with E-state index in [-0.39, 0.29) is 0 Å². The van der Waals surface area contributed by atoms with Gasteiger partial charge in [-0.2, -0.15) is 5.10 Å². The zero-order chi connectivity index (χ0) is 12.4. The second kappa shape index (κ2) is 5.18. The van der Waals surface area contributed by atoms with Crippen molar-refractivity contribution in [1.29, 1.82) is 0 Å². The van der Waals surface area contributed by atoms with Crippen molar-refractivity contribution in [3.05, 3.63) is 38.7 Å². The number of nitrogens with one attached hydrogen (secondary N) is 1. The van der Waals surface area contributed by atoms with Gasteiger partial charge in [0.25, 0.3) is 0 Å². The summed E-state index contributed by atoms with van der Waals surface area (Å²) in [5, 5.41) is 7.58. The van der Waals surface area contributed by atoms with Gasteiger partial charge in [-0.3, -0.25) is 4.68 Å². The molecular formula is C11H12Br2N4. The summed E-state index contributed by atoms with van der Waals surface area (Å²) in [5.74, 6) is 0.830. The van der Waals surface area contributed by atoms with Gasteiger partial charge in [0, 0.05) is 36.0 Å². The molecule has 0 aromatic carbocycles. The van der Waals surface area contributed by atoms with Gasteiger partial charge >= 0.3 is 0 Å². The van der Waals surface area contributed by atoms with E-state index in [1.807, 2.05) is 30.9 Å². The third-order valence-electron chi connectivity index (χ3n) is 2.37. The highest BCUT2D eigenvalue weighted by molar-refractivity contribution is 9.11. The van der Waals surface area contributed by atoms with Crippen molar-refractivity contribution in [2.24, 2.45) is 7.05 Å². The molecule has 0 amide bonds. The van der Waals surface area contributed by atoms with Crippen LogP contribution in [-0.4, -0.2) is 14.8 Å². The average Bonchev–Trinajstić information content (AvgIpc) is 2.56. The molecule has 0 radical (unpaired) electrons. The summed E-state index contributed by atoms with van der Waals surface area (Å²) in [7, 11) is 1.92. The SMILES string of the molecule is Cc1nn(C)cc1CNc1ncc(Br)cc1Br. The lowest BCUT2D eigenvalue weighted by atomic mass is 10.2. The van der Waals surface area contributed by atoms with Gasteiger partial charge < -0.3 is 5.32 Å². The highest BCUT2D eigenvalue weighted by Gasteiger charge is 2.05. The Morgan fingerprint density at radius 1 is 1.41 bits per heavy atom. The second-order valence-electron chi connectivity index (χ2n) is 3.75. The zero-order valence-corrected chi connectivity index (χ0v) is 12.7. The van der Waals surface area contributed by atoms with Crippen LogP contribution in [0.4, 0.5) is 5.82 Å². The lowest BCUT2D eigenvalue weighted by Crippen LogP contribution is -2.02. The van der Waals surface area contributed by atoms with Gasteiger partial charge in [0.1, 0.15) is 5.82 Å². The van der Waals surface area contributed by atoms with Gasteiger partial charge in [-0.15, -0.1) is 0 Å². The van der Waals surface area contributed by atoms with Crippen LogP contribution < -0.4 is 5.32 Å². The van der Waals surface area contributed by atoms with Crippen LogP contribution in [-0.2, 0) is 13.6 Å². The molecule has 0 spiro atoms. The monoisotopic (exact) mass is 358 g/mol. The maximum atomic E-state index is 4.30. The summed E-state index contributed by atoms with van der Waals surface area (Å²) in [6.07, 6.45) is 3.78. The Morgan fingerprint density at radius 2 is 2.18 bits per heavy atom. The Morgan fingerprint density at radius 3 is 2.76 bits per heavy atom. The first-order valence-corrected chi connectivity index (χ1v) is 6.69. The van der Waals surface area contributed by atoms with E-state index in [0.717, 1.165) is 20.5 Å². The second-order valence-corrected chi connectivity index (χ2v) is 5.52. The minimum absolute atomic E-state index is 0.715. The van der Waals surface area contributed by atoms with Crippen molar-refractivity contribution < 1.29 is 0 Å². The molecule has 0 saturated heterocycles. The minimum atomic E-state index is 0.715. The topological polar surface area (TPSA) is 42.7 Å². The molecule has 90 valence electrons. The lowest BCUT2D eigenvalue weighted by Gasteiger charge is -2.06. The summed E-state index contributed by atoms with van der Waals surface area (Å²) >= 11 is 6.84. The van der Waals surface area contributed by atoms with Crippen LogP contribution >= 0.6 is 31.9 Å². The average molecular weight is 360 g/mol. The van der Waals surface area contributed by atoms with E-state index in [0.29, 0.717) is 6.54 Å². The quantitative estimate of drug-likeness (QED) is 0.914. The molecule has 2 rings (SSSR count). The molecule has 2 heterocycles. The van der Waals surface area contributed by atoms with Crippen LogP contribution in [0.25, 0.3) is 0 Å². The number of rotatable bonds is 3. The summed E-state index contributed by atoms with van der Waals surface area (Å²) in [6.45, 7) is 2.72. The van der Waals surface area contributed by atoms with E-state index in [9.17, 15) is 0 Å². The van der Waals surface area contributed by atoms with Crippen molar-refractivity contribution >= 4 is 37.7 Å². The van der Waals surface area contributed by atoms with Crippen LogP contribution in [0.5, 0.6) is 0 Å². The summed E-state index contributed by atoms with van der Waals surface area (Å²) in [5.41, 5.74) is 2.21. The molecule has 0 unspecified atom stereocenters. The molecule has 4 nitrogen and oxygen atoms in total. The standard InChI is InChI=1S/C11H12Br2N4/c1-7-8(6-17(2)16-7)4-14-11-10(13)3-9(12)5-15-11/h3,5-6H,4H2,1-2H3,(H,14,15). The van der Waals surface area contributed by atoms with Gasteiger partial charge in [0.05, 0.1) is 10.2 Å². The first-order valence-electron chi connectivity index (χ1n) is 5.10. The number of anilines is 1. The Hall–Kier alpha value is -0.880. The number of halogens is 2. The van der Waals surface area contributed by atoms with Crippen molar-refractivity contribution in [3.63, 3.8) is 0 Å². The van der Waals surface area contributed by atoms with E-state index >= 15 is 0 Å². The summed E-state index contributed by atoms with van der Waals surface area (Å²) < 4.78 is 3.71. The highest BCUT2D eigenvalue weighted by atomic mass is 79.9. The zero-order valence-electron chi connectivity index (χ0n) is 9.54. The predicted octanol–water partition coefficient (Wildman–Crippen LogP) is 3.26. The van der Waals surface area contributed by atoms with E-state index in [1.54, 1.807) is 6.20 Å². The maximum absolute atomic E-state index is 4.30. The molecule has 0 fully saturated rings. The minimum Gasteiger partial charge on any atom is -0.365 e. The van der Waals surface area contributed by atoms with Crippen molar-refractivity contribution in [2.75, 3.05) is 5.32 Å². The number of aromatic nitrogens is 3. The fourth-order valence-corrected chi connectivity index (χ4v) is 2.67. The number of aryl methyl sites for hydroxylation is 2. The number of hydrogen-bond acceptors (Lipinski definition) is 3. The molecule has 2 aromatic heterocycles. The number of hydrogen-bond donors (Lipinski definition) is 1. The maximum Gasteiger partial charge on any atom is 0.140 e. The Bertz CT molecular complexity index is 536. The van der Waals surface area contributed by atoms with Crippen molar-refractivity contribution in [3.8, 4) is 0 Å². The Kier molecular flexibility index (Phi) is 3.83. The van der Waals surface area contributed by atoms with Gasteiger partial charge in [0.2, 0.25) is 0 Å². The number of nitrogens with zero attached hydrogens (tertiary/aromatic N) is 3.